The highest BCUT2D eigenvalue weighted by molar-refractivity contribution is 5.87. The van der Waals surface area contributed by atoms with Crippen molar-refractivity contribution in [1.82, 2.24) is 10.2 Å². The highest BCUT2D eigenvalue weighted by Crippen LogP contribution is 2.22. The van der Waals surface area contributed by atoms with Crippen LogP contribution in [0.25, 0.3) is 0 Å². The van der Waals surface area contributed by atoms with Gasteiger partial charge in [-0.05, 0) is 42.9 Å². The number of benzene rings is 1. The highest BCUT2D eigenvalue weighted by Gasteiger charge is 2.26. The Hall–Kier alpha value is -2.37. The van der Waals surface area contributed by atoms with Crippen molar-refractivity contribution in [2.75, 3.05) is 19.6 Å². The number of carbonyl (C=O) groups excluding carboxylic acids is 2. The maximum atomic E-state index is 12.2. The first-order valence-electron chi connectivity index (χ1n) is 8.30. The van der Waals surface area contributed by atoms with Crippen molar-refractivity contribution in [3.63, 3.8) is 0 Å². The molecule has 2 rings (SSSR count). The average Bonchev–Trinajstić information content (AvgIpc) is 3.00. The molecule has 0 aliphatic carbocycles. The quantitative estimate of drug-likeness (QED) is 0.744. The number of hydrogen-bond donors (Lipinski definition) is 2. The summed E-state index contributed by atoms with van der Waals surface area (Å²) in [7, 11) is 0. The third-order valence-corrected chi connectivity index (χ3v) is 4.28. The molecule has 0 saturated carbocycles. The molecule has 130 valence electrons. The van der Waals surface area contributed by atoms with E-state index in [0.717, 1.165) is 31.5 Å². The van der Waals surface area contributed by atoms with Gasteiger partial charge in [-0.1, -0.05) is 12.1 Å². The Kier molecular flexibility index (Phi) is 6.35. The largest absolute Gasteiger partial charge is 0.478 e. The minimum Gasteiger partial charge on any atom is -0.478 e. The maximum absolute atomic E-state index is 12.2. The lowest BCUT2D eigenvalue weighted by molar-refractivity contribution is -0.130. The van der Waals surface area contributed by atoms with Crippen LogP contribution in [0.15, 0.2) is 24.3 Å². The summed E-state index contributed by atoms with van der Waals surface area (Å²) in [6.45, 7) is 3.46. The molecule has 2 amide bonds. The van der Waals surface area contributed by atoms with E-state index in [4.69, 9.17) is 5.11 Å². The van der Waals surface area contributed by atoms with Crippen LogP contribution in [-0.4, -0.2) is 47.4 Å². The second kappa shape index (κ2) is 8.47. The number of carboxylic acid groups (broad SMARTS) is 1. The van der Waals surface area contributed by atoms with Crippen LogP contribution in [0, 0.1) is 5.92 Å². The van der Waals surface area contributed by atoms with E-state index in [9.17, 15) is 14.4 Å². The van der Waals surface area contributed by atoms with Crippen molar-refractivity contribution in [3.05, 3.63) is 35.4 Å². The Labute approximate surface area is 141 Å². The van der Waals surface area contributed by atoms with Crippen molar-refractivity contribution in [2.24, 2.45) is 5.92 Å². The number of nitrogens with one attached hydrogen (secondary N) is 1. The lowest BCUT2D eigenvalue weighted by atomic mass is 9.97. The minimum atomic E-state index is -0.917. The van der Waals surface area contributed by atoms with E-state index in [1.165, 1.54) is 6.92 Å². The molecule has 1 atom stereocenters. The van der Waals surface area contributed by atoms with Gasteiger partial charge in [0.25, 0.3) is 0 Å². The molecule has 1 aromatic carbocycles. The predicted molar refractivity (Wildman–Crippen MR) is 89.7 cm³/mol. The predicted octanol–water partition coefficient (Wildman–Crippen LogP) is 1.69. The van der Waals surface area contributed by atoms with Crippen LogP contribution < -0.4 is 5.32 Å². The number of nitrogens with zero attached hydrogens (tertiary/aromatic N) is 1. The van der Waals surface area contributed by atoms with E-state index in [1.54, 1.807) is 18.2 Å². The zero-order chi connectivity index (χ0) is 17.5. The molecule has 1 unspecified atom stereocenters. The summed E-state index contributed by atoms with van der Waals surface area (Å²) >= 11 is 0. The molecule has 1 saturated heterocycles. The van der Waals surface area contributed by atoms with Gasteiger partial charge in [0.2, 0.25) is 11.8 Å². The molecule has 6 nitrogen and oxygen atoms in total. The molecule has 24 heavy (non-hydrogen) atoms. The molecule has 6 heteroatoms. The summed E-state index contributed by atoms with van der Waals surface area (Å²) < 4.78 is 0. The van der Waals surface area contributed by atoms with Crippen LogP contribution in [0.4, 0.5) is 0 Å². The van der Waals surface area contributed by atoms with Gasteiger partial charge in [0, 0.05) is 33.0 Å². The van der Waals surface area contributed by atoms with Crippen molar-refractivity contribution < 1.29 is 19.5 Å². The van der Waals surface area contributed by atoms with E-state index in [0.29, 0.717) is 30.9 Å². The Balaban J connectivity index is 1.78. The summed E-state index contributed by atoms with van der Waals surface area (Å²) in [4.78, 5) is 35.8. The number of aromatic carboxylic acids is 1. The number of carboxylic acids is 1. The summed E-state index contributed by atoms with van der Waals surface area (Å²) in [5.74, 6) is -0.498. The fourth-order valence-corrected chi connectivity index (χ4v) is 3.05. The summed E-state index contributed by atoms with van der Waals surface area (Å²) in [6.07, 6.45) is 2.83. The zero-order valence-electron chi connectivity index (χ0n) is 14.0. The molecule has 2 N–H and O–H groups in total. The number of rotatable bonds is 7. The Bertz CT molecular complexity index is 615. The molecule has 1 aliphatic heterocycles. The molecule has 1 aliphatic rings. The van der Waals surface area contributed by atoms with Crippen LogP contribution in [0.3, 0.4) is 0 Å². The van der Waals surface area contributed by atoms with Crippen molar-refractivity contribution in [3.8, 4) is 0 Å². The maximum Gasteiger partial charge on any atom is 0.335 e. The monoisotopic (exact) mass is 332 g/mol. The van der Waals surface area contributed by atoms with Gasteiger partial charge >= 0.3 is 5.97 Å². The fourth-order valence-electron chi connectivity index (χ4n) is 3.05. The molecular formula is C18H24N2O4. The summed E-state index contributed by atoms with van der Waals surface area (Å²) in [5.41, 5.74) is 1.30. The van der Waals surface area contributed by atoms with E-state index < -0.39 is 5.97 Å². The third kappa shape index (κ3) is 5.37. The van der Waals surface area contributed by atoms with Crippen LogP contribution in [-0.2, 0) is 16.0 Å². The van der Waals surface area contributed by atoms with Crippen LogP contribution in [0.1, 0.15) is 42.1 Å². The number of carbonyl (C=O) groups is 3. The zero-order valence-corrected chi connectivity index (χ0v) is 14.0. The van der Waals surface area contributed by atoms with Gasteiger partial charge in [0.1, 0.15) is 0 Å². The number of amides is 2. The SMILES string of the molecule is CC(=O)NCCCC(=O)N1CCC(Cc2cccc(C(=O)O)c2)C1. The van der Waals surface area contributed by atoms with E-state index in [-0.39, 0.29) is 11.8 Å². The fraction of sp³-hybridized carbons (Fsp3) is 0.500. The van der Waals surface area contributed by atoms with Crippen LogP contribution in [0.5, 0.6) is 0 Å². The van der Waals surface area contributed by atoms with Gasteiger partial charge < -0.3 is 15.3 Å². The Morgan fingerprint density at radius 3 is 2.83 bits per heavy atom. The smallest absolute Gasteiger partial charge is 0.335 e. The third-order valence-electron chi connectivity index (χ3n) is 4.28. The molecule has 1 aromatic rings. The Morgan fingerprint density at radius 1 is 1.33 bits per heavy atom. The molecule has 0 spiro atoms. The second-order valence-electron chi connectivity index (χ2n) is 6.29. The van der Waals surface area contributed by atoms with Gasteiger partial charge in [-0.25, -0.2) is 4.79 Å². The topological polar surface area (TPSA) is 86.7 Å². The molecule has 1 heterocycles. The van der Waals surface area contributed by atoms with Crippen LogP contribution >= 0.6 is 0 Å². The van der Waals surface area contributed by atoms with Gasteiger partial charge in [0.15, 0.2) is 0 Å². The Morgan fingerprint density at radius 2 is 2.12 bits per heavy atom. The average molecular weight is 332 g/mol. The van der Waals surface area contributed by atoms with Gasteiger partial charge in [-0.15, -0.1) is 0 Å². The minimum absolute atomic E-state index is 0.0766. The molecular weight excluding hydrogens is 308 g/mol. The second-order valence-corrected chi connectivity index (χ2v) is 6.29. The normalized spacial score (nSPS) is 16.9. The summed E-state index contributed by atoms with van der Waals surface area (Å²) in [6, 6.07) is 6.99. The first-order chi connectivity index (χ1) is 11.5. The van der Waals surface area contributed by atoms with E-state index >= 15 is 0 Å². The molecule has 0 bridgehead atoms. The van der Waals surface area contributed by atoms with Gasteiger partial charge in [-0.2, -0.15) is 0 Å². The van der Waals surface area contributed by atoms with E-state index in [1.807, 2.05) is 11.0 Å². The van der Waals surface area contributed by atoms with Crippen molar-refractivity contribution >= 4 is 17.8 Å². The molecule has 0 aromatic heterocycles. The van der Waals surface area contributed by atoms with Gasteiger partial charge in [0.05, 0.1) is 5.56 Å². The lowest BCUT2D eigenvalue weighted by Crippen LogP contribution is -2.30. The standard InChI is InChI=1S/C18H24N2O4/c1-13(21)19-8-3-6-17(22)20-9-7-15(12-20)10-14-4-2-5-16(11-14)18(23)24/h2,4-5,11,15H,3,6-10,12H2,1H3,(H,19,21)(H,23,24). The summed E-state index contributed by atoms with van der Waals surface area (Å²) in [5, 5.41) is 11.7. The number of hydrogen-bond acceptors (Lipinski definition) is 3. The van der Waals surface area contributed by atoms with Gasteiger partial charge in [-0.3, -0.25) is 9.59 Å². The lowest BCUT2D eigenvalue weighted by Gasteiger charge is -2.17. The molecule has 1 fully saturated rings. The van der Waals surface area contributed by atoms with Crippen molar-refractivity contribution in [1.29, 1.82) is 0 Å². The van der Waals surface area contributed by atoms with Crippen LogP contribution in [0.2, 0.25) is 0 Å². The first-order valence-corrected chi connectivity index (χ1v) is 8.30. The molecule has 0 radical (unpaired) electrons. The first kappa shape index (κ1) is 18.0. The number of likely N-dealkylation sites (tertiary alicyclic amines) is 1. The van der Waals surface area contributed by atoms with E-state index in [2.05, 4.69) is 5.32 Å². The highest BCUT2D eigenvalue weighted by atomic mass is 16.4. The van der Waals surface area contributed by atoms with Crippen molar-refractivity contribution in [2.45, 2.75) is 32.6 Å².